The third-order valence-electron chi connectivity index (χ3n) is 1.81. The second-order valence-electron chi connectivity index (χ2n) is 2.59. The first-order valence-corrected chi connectivity index (χ1v) is 3.70. The Morgan fingerprint density at radius 2 is 2.27 bits per heavy atom. The molecule has 0 saturated carbocycles. The summed E-state index contributed by atoms with van der Waals surface area (Å²) in [6.07, 6.45) is 3.08. The lowest BCUT2D eigenvalue weighted by Crippen LogP contribution is -2.27. The fourth-order valence-electron chi connectivity index (χ4n) is 1.28. The first-order chi connectivity index (χ1) is 5.38. The van der Waals surface area contributed by atoms with Crippen LogP contribution in [0.15, 0.2) is 23.2 Å². The Labute approximate surface area is 64.5 Å². The van der Waals surface area contributed by atoms with E-state index >= 15 is 0 Å². The van der Waals surface area contributed by atoms with E-state index in [0.717, 1.165) is 23.5 Å². The van der Waals surface area contributed by atoms with Crippen LogP contribution in [0.1, 0.15) is 6.42 Å². The average molecular weight is 147 g/mol. The maximum Gasteiger partial charge on any atom is 0.141 e. The van der Waals surface area contributed by atoms with Gasteiger partial charge in [0, 0.05) is 6.54 Å². The van der Waals surface area contributed by atoms with Gasteiger partial charge in [0.2, 0.25) is 0 Å². The molecule has 2 nitrogen and oxygen atoms in total. The summed E-state index contributed by atoms with van der Waals surface area (Å²) in [6, 6.07) is 5.48. The van der Waals surface area contributed by atoms with Gasteiger partial charge in [0.15, 0.2) is 0 Å². The molecular weight excluding hydrogens is 138 g/mol. The van der Waals surface area contributed by atoms with E-state index in [4.69, 9.17) is 0 Å². The Balaban J connectivity index is 2.88. The van der Waals surface area contributed by atoms with Crippen molar-refractivity contribution in [1.29, 1.82) is 0 Å². The van der Waals surface area contributed by atoms with Crippen molar-refractivity contribution in [2.45, 2.75) is 6.42 Å². The van der Waals surface area contributed by atoms with E-state index in [0.29, 0.717) is 5.75 Å². The lowest BCUT2D eigenvalue weighted by Gasteiger charge is -1.99. The Bertz CT molecular complexity index is 381. The number of aromatic hydroxyl groups is 1. The number of hydrogen-bond acceptors (Lipinski definition) is 2. The SMILES string of the molecule is Oc1cccc2c1=NCCC=2. The number of nitrogens with zero attached hydrogens (tertiary/aromatic N) is 1. The molecule has 1 aliphatic rings. The predicted octanol–water partition coefficient (Wildman–Crippen LogP) is 0.196. The van der Waals surface area contributed by atoms with Crippen LogP contribution in [0.3, 0.4) is 0 Å². The van der Waals surface area contributed by atoms with Crippen LogP contribution in [0, 0.1) is 0 Å². The van der Waals surface area contributed by atoms with Crippen molar-refractivity contribution in [2.75, 3.05) is 6.54 Å². The Morgan fingerprint density at radius 3 is 3.09 bits per heavy atom. The minimum Gasteiger partial charge on any atom is -0.506 e. The van der Waals surface area contributed by atoms with Crippen LogP contribution >= 0.6 is 0 Å². The highest BCUT2D eigenvalue weighted by atomic mass is 16.3. The zero-order chi connectivity index (χ0) is 7.68. The van der Waals surface area contributed by atoms with Gasteiger partial charge in [-0.15, -0.1) is 0 Å². The molecule has 0 spiro atoms. The molecule has 0 atom stereocenters. The number of phenolic OH excluding ortho intramolecular Hbond substituents is 1. The van der Waals surface area contributed by atoms with E-state index in [1.54, 1.807) is 6.07 Å². The Kier molecular flexibility index (Phi) is 1.39. The molecule has 1 aliphatic heterocycles. The van der Waals surface area contributed by atoms with Gasteiger partial charge in [-0.25, -0.2) is 0 Å². The highest BCUT2D eigenvalue weighted by Crippen LogP contribution is 1.97. The Morgan fingerprint density at radius 1 is 1.36 bits per heavy atom. The van der Waals surface area contributed by atoms with Crippen LogP contribution in [0.25, 0.3) is 6.08 Å². The quantitative estimate of drug-likeness (QED) is 0.558. The van der Waals surface area contributed by atoms with Crippen molar-refractivity contribution in [3.63, 3.8) is 0 Å². The zero-order valence-electron chi connectivity index (χ0n) is 6.12. The minimum atomic E-state index is 0.290. The smallest absolute Gasteiger partial charge is 0.141 e. The van der Waals surface area contributed by atoms with Crippen LogP contribution in [-0.2, 0) is 0 Å². The molecule has 0 aromatic heterocycles. The highest BCUT2D eigenvalue weighted by molar-refractivity contribution is 5.31. The van der Waals surface area contributed by atoms with Crippen LogP contribution in [0.4, 0.5) is 0 Å². The lowest BCUT2D eigenvalue weighted by molar-refractivity contribution is 0.466. The van der Waals surface area contributed by atoms with Gasteiger partial charge < -0.3 is 5.11 Å². The summed E-state index contributed by atoms with van der Waals surface area (Å²) in [7, 11) is 0. The van der Waals surface area contributed by atoms with Crippen LogP contribution in [0.2, 0.25) is 0 Å². The molecule has 0 radical (unpaired) electrons. The molecule has 0 amide bonds. The zero-order valence-corrected chi connectivity index (χ0v) is 6.12. The molecule has 0 bridgehead atoms. The molecule has 2 rings (SSSR count). The largest absolute Gasteiger partial charge is 0.506 e. The molecule has 0 saturated heterocycles. The number of benzene rings is 1. The molecule has 0 aliphatic carbocycles. The normalized spacial score (nSPS) is 14.5. The summed E-state index contributed by atoms with van der Waals surface area (Å²) in [5.74, 6) is 0.290. The van der Waals surface area contributed by atoms with Crippen molar-refractivity contribution < 1.29 is 5.11 Å². The molecule has 1 N–H and O–H groups in total. The minimum absolute atomic E-state index is 0.290. The third kappa shape index (κ3) is 1.00. The number of hydrogen-bond donors (Lipinski definition) is 1. The van der Waals surface area contributed by atoms with E-state index in [1.165, 1.54) is 0 Å². The van der Waals surface area contributed by atoms with Gasteiger partial charge in [-0.05, 0) is 17.7 Å². The van der Waals surface area contributed by atoms with Crippen molar-refractivity contribution in [1.82, 2.24) is 0 Å². The predicted molar refractivity (Wildman–Crippen MR) is 42.8 cm³/mol. The van der Waals surface area contributed by atoms with Crippen molar-refractivity contribution in [3.05, 3.63) is 28.8 Å². The third-order valence-corrected chi connectivity index (χ3v) is 1.81. The average Bonchev–Trinajstić information content (AvgIpc) is 2.06. The van der Waals surface area contributed by atoms with Gasteiger partial charge in [-0.3, -0.25) is 4.99 Å². The monoisotopic (exact) mass is 147 g/mol. The summed E-state index contributed by atoms with van der Waals surface area (Å²) < 4.78 is 0. The Hall–Kier alpha value is -1.31. The summed E-state index contributed by atoms with van der Waals surface area (Å²) in [5.41, 5.74) is 0. The fourth-order valence-corrected chi connectivity index (χ4v) is 1.28. The van der Waals surface area contributed by atoms with Gasteiger partial charge in [0.05, 0.1) is 0 Å². The van der Waals surface area contributed by atoms with Gasteiger partial charge >= 0.3 is 0 Å². The van der Waals surface area contributed by atoms with E-state index in [2.05, 4.69) is 11.1 Å². The van der Waals surface area contributed by atoms with E-state index in [-0.39, 0.29) is 0 Å². The molecule has 11 heavy (non-hydrogen) atoms. The molecule has 56 valence electrons. The first kappa shape index (κ1) is 6.40. The van der Waals surface area contributed by atoms with Gasteiger partial charge in [-0.1, -0.05) is 18.2 Å². The lowest BCUT2D eigenvalue weighted by atomic mass is 10.2. The van der Waals surface area contributed by atoms with Crippen molar-refractivity contribution >= 4 is 6.08 Å². The number of rotatable bonds is 0. The van der Waals surface area contributed by atoms with E-state index in [9.17, 15) is 5.11 Å². The molecule has 0 unspecified atom stereocenters. The van der Waals surface area contributed by atoms with Crippen LogP contribution in [-0.4, -0.2) is 11.7 Å². The van der Waals surface area contributed by atoms with Crippen LogP contribution < -0.4 is 10.6 Å². The van der Waals surface area contributed by atoms with Crippen molar-refractivity contribution in [2.24, 2.45) is 4.99 Å². The van der Waals surface area contributed by atoms with Crippen LogP contribution in [0.5, 0.6) is 5.75 Å². The second kappa shape index (κ2) is 2.38. The number of fused-ring (bicyclic) bond motifs is 1. The molecule has 1 aromatic carbocycles. The molecule has 1 heterocycles. The molecule has 1 aromatic rings. The first-order valence-electron chi connectivity index (χ1n) is 3.70. The highest BCUT2D eigenvalue weighted by Gasteiger charge is 1.97. The molecular formula is C9H9NO. The van der Waals surface area contributed by atoms with Gasteiger partial charge in [-0.2, -0.15) is 0 Å². The fraction of sp³-hybridized carbons (Fsp3) is 0.222. The van der Waals surface area contributed by atoms with Gasteiger partial charge in [0.1, 0.15) is 11.1 Å². The number of phenols is 1. The van der Waals surface area contributed by atoms with E-state index < -0.39 is 0 Å². The van der Waals surface area contributed by atoms with E-state index in [1.807, 2.05) is 12.1 Å². The van der Waals surface area contributed by atoms with Gasteiger partial charge in [0.25, 0.3) is 0 Å². The standard InChI is InChI=1S/C9H9NO/c11-8-5-1-3-7-4-2-6-10-9(7)8/h1,3-5,11H,2,6H2. The summed E-state index contributed by atoms with van der Waals surface area (Å²) in [6.45, 7) is 0.796. The summed E-state index contributed by atoms with van der Waals surface area (Å²) in [4.78, 5) is 4.21. The second-order valence-corrected chi connectivity index (χ2v) is 2.59. The topological polar surface area (TPSA) is 32.6 Å². The number of para-hydroxylation sites is 1. The molecule has 0 fully saturated rings. The molecule has 2 heteroatoms. The maximum absolute atomic E-state index is 9.34. The maximum atomic E-state index is 9.34. The summed E-state index contributed by atoms with van der Waals surface area (Å²) >= 11 is 0. The summed E-state index contributed by atoms with van der Waals surface area (Å²) in [5, 5.41) is 11.1. The van der Waals surface area contributed by atoms with Crippen molar-refractivity contribution in [3.8, 4) is 5.75 Å².